The second-order valence-electron chi connectivity index (χ2n) is 7.19. The molecule has 0 saturated carbocycles. The smallest absolute Gasteiger partial charge is 0.223 e. The van der Waals surface area contributed by atoms with Crippen molar-refractivity contribution in [3.8, 4) is 11.3 Å². The number of nitrogens with zero attached hydrogens (tertiary/aromatic N) is 2. The molecule has 2 aromatic rings. The number of oxazole rings is 1. The summed E-state index contributed by atoms with van der Waals surface area (Å²) in [7, 11) is -4.94. The molecule has 0 aliphatic heterocycles. The topological polar surface area (TPSA) is 115 Å². The van der Waals surface area contributed by atoms with Gasteiger partial charge < -0.3 is 9.32 Å². The summed E-state index contributed by atoms with van der Waals surface area (Å²) in [5, 5.41) is -0.667. The van der Waals surface area contributed by atoms with Crippen LogP contribution in [0.15, 0.2) is 39.8 Å². The summed E-state index contributed by atoms with van der Waals surface area (Å²) in [5.74, 6) is 0.642. The molecule has 0 bridgehead atoms. The van der Waals surface area contributed by atoms with Crippen molar-refractivity contribution in [3.63, 3.8) is 0 Å². The zero-order valence-electron chi connectivity index (χ0n) is 17.1. The Morgan fingerprint density at radius 1 is 1.10 bits per heavy atom. The van der Waals surface area contributed by atoms with E-state index in [1.54, 1.807) is 33.0 Å². The van der Waals surface area contributed by atoms with Crippen LogP contribution in [-0.2, 0) is 30.9 Å². The normalized spacial score (nSPS) is 14.4. The van der Waals surface area contributed by atoms with E-state index in [4.69, 9.17) is 4.42 Å². The van der Waals surface area contributed by atoms with E-state index in [1.165, 1.54) is 23.2 Å². The van der Waals surface area contributed by atoms with Crippen molar-refractivity contribution >= 4 is 25.6 Å². The molecule has 8 nitrogen and oxygen atoms in total. The average molecular weight is 443 g/mol. The first kappa shape index (κ1) is 23.1. The fourth-order valence-electron chi connectivity index (χ4n) is 2.72. The predicted molar refractivity (Wildman–Crippen MR) is 110 cm³/mol. The highest BCUT2D eigenvalue weighted by Gasteiger charge is 2.28. The average Bonchev–Trinajstić information content (AvgIpc) is 3.12. The molecule has 0 fully saturated rings. The van der Waals surface area contributed by atoms with Gasteiger partial charge in [-0.05, 0) is 38.1 Å². The molecule has 1 amide bonds. The molecule has 160 valence electrons. The molecule has 0 N–H and O–H groups in total. The van der Waals surface area contributed by atoms with Gasteiger partial charge in [-0.2, -0.15) is 0 Å². The fraction of sp³-hybridized carbons (Fsp3) is 0.474. The molecule has 0 aliphatic rings. The van der Waals surface area contributed by atoms with Gasteiger partial charge in [0.15, 0.2) is 31.3 Å². The van der Waals surface area contributed by atoms with Gasteiger partial charge in [0.2, 0.25) is 5.91 Å². The molecule has 0 aliphatic carbocycles. The van der Waals surface area contributed by atoms with E-state index in [1.807, 2.05) is 0 Å². The van der Waals surface area contributed by atoms with Crippen molar-refractivity contribution in [1.82, 2.24) is 9.88 Å². The Balaban J connectivity index is 2.01. The van der Waals surface area contributed by atoms with Crippen LogP contribution in [0.5, 0.6) is 0 Å². The third kappa shape index (κ3) is 5.89. The number of hydrogen-bond acceptors (Lipinski definition) is 7. The van der Waals surface area contributed by atoms with E-state index < -0.39 is 31.0 Å². The van der Waals surface area contributed by atoms with E-state index in [0.29, 0.717) is 17.2 Å². The number of carbonyl (C=O) groups is 1. The SMILES string of the molecule is C[C@H]([C@H](C)S(C)(=O)=O)N(C)C(=O)CCc1ncc(-c2ccc(S(C)(=O)=O)cc2)o1. The molecule has 2 rings (SSSR count). The summed E-state index contributed by atoms with van der Waals surface area (Å²) < 4.78 is 52.1. The number of aryl methyl sites for hydroxylation is 1. The lowest BCUT2D eigenvalue weighted by Gasteiger charge is -2.28. The van der Waals surface area contributed by atoms with Crippen LogP contribution in [0.1, 0.15) is 26.2 Å². The quantitative estimate of drug-likeness (QED) is 0.614. The van der Waals surface area contributed by atoms with E-state index in [2.05, 4.69) is 4.98 Å². The summed E-state index contributed by atoms with van der Waals surface area (Å²) in [6, 6.07) is 5.80. The lowest BCUT2D eigenvalue weighted by molar-refractivity contribution is -0.131. The minimum atomic E-state index is -3.27. The monoisotopic (exact) mass is 442 g/mol. The summed E-state index contributed by atoms with van der Waals surface area (Å²) in [6.07, 6.45) is 4.21. The van der Waals surface area contributed by atoms with Gasteiger partial charge in [0.05, 0.1) is 16.3 Å². The minimum Gasteiger partial charge on any atom is -0.441 e. The van der Waals surface area contributed by atoms with Gasteiger partial charge in [0, 0.05) is 44.0 Å². The van der Waals surface area contributed by atoms with Crippen LogP contribution in [0.25, 0.3) is 11.3 Å². The van der Waals surface area contributed by atoms with Gasteiger partial charge in [0.25, 0.3) is 0 Å². The molecule has 1 aromatic heterocycles. The molecular formula is C19H26N2O6S2. The highest BCUT2D eigenvalue weighted by Crippen LogP contribution is 2.23. The zero-order valence-corrected chi connectivity index (χ0v) is 18.7. The molecule has 1 aromatic carbocycles. The van der Waals surface area contributed by atoms with Crippen LogP contribution >= 0.6 is 0 Å². The van der Waals surface area contributed by atoms with Gasteiger partial charge in [-0.1, -0.05) is 0 Å². The third-order valence-electron chi connectivity index (χ3n) is 5.03. The molecule has 2 atom stereocenters. The summed E-state index contributed by atoms with van der Waals surface area (Å²) in [4.78, 5) is 18.2. The lowest BCUT2D eigenvalue weighted by atomic mass is 10.2. The molecule has 0 saturated heterocycles. The molecule has 0 spiro atoms. The van der Waals surface area contributed by atoms with Crippen LogP contribution in [0.4, 0.5) is 0 Å². The standard InChI is InChI=1S/C19H26N2O6S2/c1-13(14(2)28(4,23)24)21(3)19(22)11-10-18-20-12-17(27-18)15-6-8-16(9-7-15)29(5,25)26/h6-9,12-14H,10-11H2,1-5H3/t13-,14+/m1/s1. The maximum Gasteiger partial charge on any atom is 0.223 e. The Bertz CT molecular complexity index is 1070. The number of sulfone groups is 2. The van der Waals surface area contributed by atoms with Gasteiger partial charge in [0.1, 0.15) is 0 Å². The van der Waals surface area contributed by atoms with Gasteiger partial charge in [-0.25, -0.2) is 21.8 Å². The van der Waals surface area contributed by atoms with Gasteiger partial charge >= 0.3 is 0 Å². The first-order valence-electron chi connectivity index (χ1n) is 9.00. The zero-order chi connectivity index (χ0) is 22.0. The van der Waals surface area contributed by atoms with Crippen LogP contribution < -0.4 is 0 Å². The Kier molecular flexibility index (Phi) is 6.89. The molecular weight excluding hydrogens is 416 g/mol. The van der Waals surface area contributed by atoms with Crippen LogP contribution in [0.3, 0.4) is 0 Å². The second-order valence-corrected chi connectivity index (χ2v) is 11.6. The van der Waals surface area contributed by atoms with E-state index in [9.17, 15) is 21.6 Å². The number of benzene rings is 1. The maximum absolute atomic E-state index is 12.4. The van der Waals surface area contributed by atoms with Crippen molar-refractivity contribution in [3.05, 3.63) is 36.4 Å². The fourth-order valence-corrected chi connectivity index (χ4v) is 4.24. The number of aromatic nitrogens is 1. The maximum atomic E-state index is 12.4. The summed E-state index contributed by atoms with van der Waals surface area (Å²) >= 11 is 0. The van der Waals surface area contributed by atoms with Gasteiger partial charge in [-0.15, -0.1) is 0 Å². The first-order valence-corrected chi connectivity index (χ1v) is 12.8. The van der Waals surface area contributed by atoms with Gasteiger partial charge in [-0.3, -0.25) is 4.79 Å². The second kappa shape index (κ2) is 8.66. The Hall–Kier alpha value is -2.20. The Morgan fingerprint density at radius 3 is 2.21 bits per heavy atom. The van der Waals surface area contributed by atoms with Crippen LogP contribution in [-0.4, -0.2) is 63.5 Å². The van der Waals surface area contributed by atoms with Crippen molar-refractivity contribution < 1.29 is 26.0 Å². The minimum absolute atomic E-state index is 0.129. The predicted octanol–water partition coefficient (Wildman–Crippen LogP) is 1.96. The summed E-state index contributed by atoms with van der Waals surface area (Å²) in [5.41, 5.74) is 0.676. The van der Waals surface area contributed by atoms with Crippen LogP contribution in [0.2, 0.25) is 0 Å². The first-order chi connectivity index (χ1) is 13.3. The summed E-state index contributed by atoms with van der Waals surface area (Å²) in [6.45, 7) is 3.28. The highest BCUT2D eigenvalue weighted by atomic mass is 32.2. The Labute approximate surface area is 171 Å². The van der Waals surface area contributed by atoms with Crippen LogP contribution in [0, 0.1) is 0 Å². The van der Waals surface area contributed by atoms with E-state index in [-0.39, 0.29) is 23.6 Å². The number of hydrogen-bond donors (Lipinski definition) is 0. The largest absolute Gasteiger partial charge is 0.441 e. The Morgan fingerprint density at radius 2 is 1.69 bits per heavy atom. The number of rotatable bonds is 8. The van der Waals surface area contributed by atoms with Crippen molar-refractivity contribution in [2.24, 2.45) is 0 Å². The third-order valence-corrected chi connectivity index (χ3v) is 7.91. The number of amides is 1. The lowest BCUT2D eigenvalue weighted by Crippen LogP contribution is -2.44. The molecule has 29 heavy (non-hydrogen) atoms. The molecule has 10 heteroatoms. The van der Waals surface area contributed by atoms with Crippen molar-refractivity contribution in [2.75, 3.05) is 19.6 Å². The molecule has 0 unspecified atom stereocenters. The molecule has 0 radical (unpaired) electrons. The van der Waals surface area contributed by atoms with E-state index in [0.717, 1.165) is 12.5 Å². The molecule has 1 heterocycles. The van der Waals surface area contributed by atoms with E-state index >= 15 is 0 Å². The highest BCUT2D eigenvalue weighted by molar-refractivity contribution is 7.91. The van der Waals surface area contributed by atoms with Crippen molar-refractivity contribution in [1.29, 1.82) is 0 Å². The van der Waals surface area contributed by atoms with Crippen molar-refractivity contribution in [2.45, 2.75) is 42.9 Å². The number of carbonyl (C=O) groups excluding carboxylic acids is 1.